The zero-order chi connectivity index (χ0) is 17.9. The maximum absolute atomic E-state index is 13.0. The van der Waals surface area contributed by atoms with Crippen molar-refractivity contribution in [1.82, 2.24) is 19.9 Å². The molecule has 0 N–H and O–H groups in total. The largest absolute Gasteiger partial charge is 0.378 e. The Bertz CT molecular complexity index is 810. The Morgan fingerprint density at radius 1 is 1.23 bits per heavy atom. The van der Waals surface area contributed by atoms with Gasteiger partial charge in [-0.2, -0.15) is 0 Å². The molecule has 0 spiro atoms. The Kier molecular flexibility index (Phi) is 5.03. The normalized spacial score (nSPS) is 17.1. The minimum Gasteiger partial charge on any atom is -0.378 e. The molecule has 4 rings (SSSR count). The van der Waals surface area contributed by atoms with Gasteiger partial charge in [-0.1, -0.05) is 0 Å². The number of thioether (sulfide) groups is 1. The van der Waals surface area contributed by atoms with Crippen LogP contribution < -0.4 is 4.90 Å². The maximum atomic E-state index is 13.0. The van der Waals surface area contributed by atoms with Crippen LogP contribution in [-0.4, -0.2) is 64.9 Å². The number of carbonyl (C=O) groups is 1. The standard InChI is InChI=1S/C18H21N5O2S/c1-26-16-14(3-2-5-19-16)17(24)23-6-4-13-11-20-18(21-15(13)12-23)22-7-9-25-10-8-22/h2-3,5,11H,4,6-10,12H2,1H3. The van der Waals surface area contributed by atoms with Crippen molar-refractivity contribution >= 4 is 23.6 Å². The average molecular weight is 371 g/mol. The van der Waals surface area contributed by atoms with Crippen molar-refractivity contribution in [3.8, 4) is 0 Å². The van der Waals surface area contributed by atoms with Crippen molar-refractivity contribution in [2.24, 2.45) is 0 Å². The van der Waals surface area contributed by atoms with E-state index >= 15 is 0 Å². The molecule has 4 heterocycles. The van der Waals surface area contributed by atoms with Gasteiger partial charge >= 0.3 is 0 Å². The van der Waals surface area contributed by atoms with E-state index in [0.717, 1.165) is 41.7 Å². The van der Waals surface area contributed by atoms with Crippen LogP contribution in [0.4, 0.5) is 5.95 Å². The second kappa shape index (κ2) is 7.59. The summed E-state index contributed by atoms with van der Waals surface area (Å²) in [4.78, 5) is 30.5. The summed E-state index contributed by atoms with van der Waals surface area (Å²) in [5.74, 6) is 0.743. The lowest BCUT2D eigenvalue weighted by Gasteiger charge is -2.31. The van der Waals surface area contributed by atoms with Crippen molar-refractivity contribution < 1.29 is 9.53 Å². The van der Waals surface area contributed by atoms with Crippen molar-refractivity contribution in [2.75, 3.05) is 44.0 Å². The van der Waals surface area contributed by atoms with Gasteiger partial charge in [0.1, 0.15) is 5.03 Å². The van der Waals surface area contributed by atoms with E-state index in [9.17, 15) is 4.79 Å². The molecular weight excluding hydrogens is 350 g/mol. The molecule has 0 bridgehead atoms. The first-order valence-corrected chi connectivity index (χ1v) is 9.94. The molecule has 2 aromatic heterocycles. The van der Waals surface area contributed by atoms with Crippen molar-refractivity contribution in [1.29, 1.82) is 0 Å². The fourth-order valence-electron chi connectivity index (χ4n) is 3.27. The van der Waals surface area contributed by atoms with Crippen molar-refractivity contribution in [3.63, 3.8) is 0 Å². The Labute approximate surface area is 156 Å². The third kappa shape index (κ3) is 3.39. The SMILES string of the molecule is CSc1ncccc1C(=O)N1CCc2cnc(N3CCOCC3)nc2C1. The fourth-order valence-corrected chi connectivity index (χ4v) is 3.81. The molecule has 0 unspecified atom stereocenters. The number of fused-ring (bicyclic) bond motifs is 1. The number of ether oxygens (including phenoxy) is 1. The van der Waals surface area contributed by atoms with E-state index in [1.54, 1.807) is 6.20 Å². The minimum atomic E-state index is 0.0136. The lowest BCUT2D eigenvalue weighted by molar-refractivity contribution is 0.0727. The number of aromatic nitrogens is 3. The van der Waals surface area contributed by atoms with Gasteiger partial charge in [-0.05, 0) is 30.4 Å². The van der Waals surface area contributed by atoms with E-state index < -0.39 is 0 Å². The van der Waals surface area contributed by atoms with Gasteiger partial charge in [0.25, 0.3) is 5.91 Å². The smallest absolute Gasteiger partial charge is 0.256 e. The highest BCUT2D eigenvalue weighted by Crippen LogP contribution is 2.24. The van der Waals surface area contributed by atoms with Crippen LogP contribution >= 0.6 is 11.8 Å². The number of rotatable bonds is 3. The summed E-state index contributed by atoms with van der Waals surface area (Å²) in [6.07, 6.45) is 6.34. The number of pyridine rings is 1. The summed E-state index contributed by atoms with van der Waals surface area (Å²) in [6, 6.07) is 3.65. The van der Waals surface area contributed by atoms with Crippen LogP contribution in [0.2, 0.25) is 0 Å². The fraction of sp³-hybridized carbons (Fsp3) is 0.444. The molecule has 2 aliphatic rings. The maximum Gasteiger partial charge on any atom is 0.256 e. The summed E-state index contributed by atoms with van der Waals surface area (Å²) in [6.45, 7) is 4.18. The van der Waals surface area contributed by atoms with Crippen LogP contribution in [0.25, 0.3) is 0 Å². The summed E-state index contributed by atoms with van der Waals surface area (Å²) < 4.78 is 5.40. The van der Waals surface area contributed by atoms with E-state index in [4.69, 9.17) is 9.72 Å². The van der Waals surface area contributed by atoms with E-state index in [-0.39, 0.29) is 5.91 Å². The Hall–Kier alpha value is -2.19. The number of amides is 1. The van der Waals surface area contributed by atoms with Gasteiger partial charge in [-0.25, -0.2) is 15.0 Å². The minimum absolute atomic E-state index is 0.0136. The molecule has 1 amide bonds. The first kappa shape index (κ1) is 17.2. The molecule has 2 aliphatic heterocycles. The predicted octanol–water partition coefficient (Wildman–Crippen LogP) is 1.63. The van der Waals surface area contributed by atoms with E-state index in [1.165, 1.54) is 11.8 Å². The highest BCUT2D eigenvalue weighted by molar-refractivity contribution is 7.98. The number of carbonyl (C=O) groups excluding carboxylic acids is 1. The molecule has 0 saturated carbocycles. The van der Waals surface area contributed by atoms with E-state index in [2.05, 4.69) is 14.9 Å². The van der Waals surface area contributed by atoms with Gasteiger partial charge in [-0.3, -0.25) is 4.79 Å². The molecule has 136 valence electrons. The lowest BCUT2D eigenvalue weighted by Crippen LogP contribution is -2.39. The third-order valence-corrected chi connectivity index (χ3v) is 5.42. The van der Waals surface area contributed by atoms with Gasteiger partial charge in [0.2, 0.25) is 5.95 Å². The molecule has 0 aromatic carbocycles. The van der Waals surface area contributed by atoms with E-state index in [0.29, 0.717) is 31.9 Å². The quantitative estimate of drug-likeness (QED) is 0.760. The second-order valence-corrected chi connectivity index (χ2v) is 7.07. The monoisotopic (exact) mass is 371 g/mol. The van der Waals surface area contributed by atoms with Crippen LogP contribution in [0.1, 0.15) is 21.6 Å². The number of nitrogens with zero attached hydrogens (tertiary/aromatic N) is 5. The number of hydrogen-bond acceptors (Lipinski definition) is 7. The second-order valence-electron chi connectivity index (χ2n) is 6.28. The van der Waals surface area contributed by atoms with Crippen molar-refractivity contribution in [3.05, 3.63) is 41.3 Å². The first-order valence-electron chi connectivity index (χ1n) is 8.72. The summed E-state index contributed by atoms with van der Waals surface area (Å²) >= 11 is 1.49. The molecule has 26 heavy (non-hydrogen) atoms. The Morgan fingerprint density at radius 2 is 2.08 bits per heavy atom. The molecular formula is C18H21N5O2S. The van der Waals surface area contributed by atoms with Crippen LogP contribution in [-0.2, 0) is 17.7 Å². The van der Waals surface area contributed by atoms with Crippen LogP contribution in [0.15, 0.2) is 29.6 Å². The number of morpholine rings is 1. The van der Waals surface area contributed by atoms with Gasteiger partial charge in [0, 0.05) is 32.0 Å². The van der Waals surface area contributed by atoms with Gasteiger partial charge in [0.05, 0.1) is 31.0 Å². The number of hydrogen-bond donors (Lipinski definition) is 0. The van der Waals surface area contributed by atoms with Crippen LogP contribution in [0.5, 0.6) is 0 Å². The molecule has 7 nitrogen and oxygen atoms in total. The topological polar surface area (TPSA) is 71.5 Å². The highest BCUT2D eigenvalue weighted by atomic mass is 32.2. The molecule has 1 fully saturated rings. The molecule has 0 radical (unpaired) electrons. The zero-order valence-electron chi connectivity index (χ0n) is 14.7. The molecule has 2 aromatic rings. The molecule has 0 aliphatic carbocycles. The predicted molar refractivity (Wildman–Crippen MR) is 99.5 cm³/mol. The van der Waals surface area contributed by atoms with Crippen LogP contribution in [0.3, 0.4) is 0 Å². The summed E-state index contributed by atoms with van der Waals surface area (Å²) in [5.41, 5.74) is 2.73. The first-order chi connectivity index (χ1) is 12.8. The summed E-state index contributed by atoms with van der Waals surface area (Å²) in [5, 5.41) is 0.764. The highest BCUT2D eigenvalue weighted by Gasteiger charge is 2.26. The molecule has 0 atom stereocenters. The Morgan fingerprint density at radius 3 is 2.88 bits per heavy atom. The van der Waals surface area contributed by atoms with Crippen LogP contribution in [0, 0.1) is 0 Å². The molecule has 1 saturated heterocycles. The van der Waals surface area contributed by atoms with Gasteiger partial charge in [-0.15, -0.1) is 11.8 Å². The van der Waals surface area contributed by atoms with Crippen molar-refractivity contribution in [2.45, 2.75) is 18.0 Å². The third-order valence-electron chi connectivity index (χ3n) is 4.71. The Balaban J connectivity index is 1.55. The summed E-state index contributed by atoms with van der Waals surface area (Å²) in [7, 11) is 0. The average Bonchev–Trinajstić information content (AvgIpc) is 2.73. The number of anilines is 1. The molecule has 8 heteroatoms. The lowest BCUT2D eigenvalue weighted by atomic mass is 10.1. The van der Waals surface area contributed by atoms with Gasteiger partial charge in [0.15, 0.2) is 0 Å². The van der Waals surface area contributed by atoms with E-state index in [1.807, 2.05) is 29.5 Å². The zero-order valence-corrected chi connectivity index (χ0v) is 15.5. The van der Waals surface area contributed by atoms with Gasteiger partial charge < -0.3 is 14.5 Å².